The molecule has 0 aliphatic rings. The van der Waals surface area contributed by atoms with Crippen LogP contribution in [-0.4, -0.2) is 9.97 Å². The van der Waals surface area contributed by atoms with E-state index in [0.29, 0.717) is 5.02 Å². The number of hydrogen-bond acceptors (Lipinski definition) is 2. The van der Waals surface area contributed by atoms with E-state index in [9.17, 15) is 0 Å². The summed E-state index contributed by atoms with van der Waals surface area (Å²) in [7, 11) is 0. The van der Waals surface area contributed by atoms with Gasteiger partial charge in [0, 0.05) is 8.59 Å². The van der Waals surface area contributed by atoms with Crippen molar-refractivity contribution in [2.75, 3.05) is 0 Å². The second-order valence-electron chi connectivity index (χ2n) is 3.46. The Morgan fingerprint density at radius 1 is 0.938 bits per heavy atom. The standard InChI is InChI=1S/C12H6ClIN2/c13-7-4-5-9-11(6-7)16-12-8(14)2-1-3-10(12)15-9/h1-6H. The van der Waals surface area contributed by atoms with E-state index in [1.165, 1.54) is 0 Å². The van der Waals surface area contributed by atoms with Crippen LogP contribution in [0.4, 0.5) is 0 Å². The Hall–Kier alpha value is -0.940. The van der Waals surface area contributed by atoms with Gasteiger partial charge in [-0.25, -0.2) is 9.97 Å². The summed E-state index contributed by atoms with van der Waals surface area (Å²) in [6.45, 7) is 0. The normalized spacial score (nSPS) is 11.1. The van der Waals surface area contributed by atoms with Crippen LogP contribution in [-0.2, 0) is 0 Å². The van der Waals surface area contributed by atoms with Gasteiger partial charge in [0.05, 0.1) is 16.6 Å². The number of aromatic nitrogens is 2. The lowest BCUT2D eigenvalue weighted by Crippen LogP contribution is -1.89. The van der Waals surface area contributed by atoms with Gasteiger partial charge in [-0.3, -0.25) is 0 Å². The molecule has 0 atom stereocenters. The highest BCUT2D eigenvalue weighted by Gasteiger charge is 2.04. The Morgan fingerprint density at radius 3 is 2.69 bits per heavy atom. The maximum atomic E-state index is 5.94. The number of hydrogen-bond donors (Lipinski definition) is 0. The first kappa shape index (κ1) is 10.2. The van der Waals surface area contributed by atoms with Crippen LogP contribution in [0.3, 0.4) is 0 Å². The van der Waals surface area contributed by atoms with Crippen molar-refractivity contribution < 1.29 is 0 Å². The molecule has 3 aromatic rings. The van der Waals surface area contributed by atoms with Crippen molar-refractivity contribution in [3.8, 4) is 0 Å². The van der Waals surface area contributed by atoms with E-state index in [1.54, 1.807) is 0 Å². The summed E-state index contributed by atoms with van der Waals surface area (Å²) in [6.07, 6.45) is 0. The van der Waals surface area contributed by atoms with Crippen molar-refractivity contribution >= 4 is 56.3 Å². The number of para-hydroxylation sites is 1. The SMILES string of the molecule is Clc1ccc2nc3cccc(I)c3nc2c1. The molecule has 0 spiro atoms. The summed E-state index contributed by atoms with van der Waals surface area (Å²) in [5, 5.41) is 0.687. The molecule has 78 valence electrons. The zero-order chi connectivity index (χ0) is 11.1. The van der Waals surface area contributed by atoms with E-state index in [1.807, 2.05) is 36.4 Å². The highest BCUT2D eigenvalue weighted by molar-refractivity contribution is 14.1. The molecule has 3 rings (SSSR count). The largest absolute Gasteiger partial charge is 0.244 e. The molecular formula is C12H6ClIN2. The highest BCUT2D eigenvalue weighted by Crippen LogP contribution is 2.22. The Balaban J connectivity index is 2.49. The summed E-state index contributed by atoms with van der Waals surface area (Å²) < 4.78 is 1.10. The van der Waals surface area contributed by atoms with Gasteiger partial charge < -0.3 is 0 Å². The van der Waals surface area contributed by atoms with Crippen LogP contribution in [0.15, 0.2) is 36.4 Å². The predicted octanol–water partition coefficient (Wildman–Crippen LogP) is 4.04. The van der Waals surface area contributed by atoms with Gasteiger partial charge in [0.15, 0.2) is 0 Å². The molecule has 0 aliphatic heterocycles. The van der Waals surface area contributed by atoms with Crippen LogP contribution in [0, 0.1) is 3.57 Å². The summed E-state index contributed by atoms with van der Waals surface area (Å²) in [4.78, 5) is 9.14. The van der Waals surface area contributed by atoms with Crippen molar-refractivity contribution in [3.63, 3.8) is 0 Å². The molecule has 2 nitrogen and oxygen atoms in total. The third-order valence-electron chi connectivity index (χ3n) is 2.38. The molecule has 4 heteroatoms. The number of benzene rings is 2. The third-order valence-corrected chi connectivity index (χ3v) is 3.48. The lowest BCUT2D eigenvalue weighted by atomic mass is 10.2. The molecule has 0 saturated heterocycles. The Morgan fingerprint density at radius 2 is 1.81 bits per heavy atom. The van der Waals surface area contributed by atoms with Crippen LogP contribution in [0.1, 0.15) is 0 Å². The van der Waals surface area contributed by atoms with E-state index in [2.05, 4.69) is 32.6 Å². The van der Waals surface area contributed by atoms with Crippen LogP contribution in [0.2, 0.25) is 5.02 Å². The maximum Gasteiger partial charge on any atom is 0.103 e. The minimum absolute atomic E-state index is 0.687. The fourth-order valence-electron chi connectivity index (χ4n) is 1.64. The second-order valence-corrected chi connectivity index (χ2v) is 5.06. The number of halogens is 2. The molecule has 0 saturated carbocycles. The zero-order valence-electron chi connectivity index (χ0n) is 8.11. The van der Waals surface area contributed by atoms with Crippen LogP contribution in [0.25, 0.3) is 22.1 Å². The van der Waals surface area contributed by atoms with Gasteiger partial charge in [-0.05, 0) is 52.9 Å². The Bertz CT molecular complexity index is 697. The molecule has 16 heavy (non-hydrogen) atoms. The molecular weight excluding hydrogens is 335 g/mol. The Kier molecular flexibility index (Phi) is 2.44. The van der Waals surface area contributed by atoms with Gasteiger partial charge in [-0.1, -0.05) is 17.7 Å². The summed E-state index contributed by atoms with van der Waals surface area (Å²) in [5.74, 6) is 0. The summed E-state index contributed by atoms with van der Waals surface area (Å²) in [6, 6.07) is 11.5. The fourth-order valence-corrected chi connectivity index (χ4v) is 2.41. The molecule has 2 aromatic carbocycles. The van der Waals surface area contributed by atoms with Crippen molar-refractivity contribution in [2.24, 2.45) is 0 Å². The molecule has 1 aromatic heterocycles. The molecule has 0 radical (unpaired) electrons. The monoisotopic (exact) mass is 340 g/mol. The minimum Gasteiger partial charge on any atom is -0.244 e. The van der Waals surface area contributed by atoms with Crippen molar-refractivity contribution in [3.05, 3.63) is 45.0 Å². The molecule has 1 heterocycles. The van der Waals surface area contributed by atoms with Gasteiger partial charge >= 0.3 is 0 Å². The first-order valence-electron chi connectivity index (χ1n) is 4.75. The molecule has 0 N–H and O–H groups in total. The average molecular weight is 341 g/mol. The topological polar surface area (TPSA) is 25.8 Å². The third kappa shape index (κ3) is 1.64. The quantitative estimate of drug-likeness (QED) is 0.456. The number of fused-ring (bicyclic) bond motifs is 2. The van der Waals surface area contributed by atoms with Gasteiger partial charge in [0.2, 0.25) is 0 Å². The van der Waals surface area contributed by atoms with E-state index in [0.717, 1.165) is 25.6 Å². The molecule has 0 bridgehead atoms. The highest BCUT2D eigenvalue weighted by atomic mass is 127. The fraction of sp³-hybridized carbons (Fsp3) is 0. The second kappa shape index (κ2) is 3.82. The lowest BCUT2D eigenvalue weighted by molar-refractivity contribution is 1.38. The molecule has 0 amide bonds. The molecule has 0 unspecified atom stereocenters. The van der Waals surface area contributed by atoms with Crippen molar-refractivity contribution in [1.29, 1.82) is 0 Å². The first-order chi connectivity index (χ1) is 7.74. The first-order valence-corrected chi connectivity index (χ1v) is 6.21. The van der Waals surface area contributed by atoms with Crippen molar-refractivity contribution in [1.82, 2.24) is 9.97 Å². The molecule has 0 aliphatic carbocycles. The van der Waals surface area contributed by atoms with E-state index in [4.69, 9.17) is 11.6 Å². The number of rotatable bonds is 0. The van der Waals surface area contributed by atoms with Crippen LogP contribution < -0.4 is 0 Å². The van der Waals surface area contributed by atoms with Gasteiger partial charge in [0.1, 0.15) is 5.52 Å². The smallest absolute Gasteiger partial charge is 0.103 e. The van der Waals surface area contributed by atoms with Crippen LogP contribution in [0.5, 0.6) is 0 Å². The van der Waals surface area contributed by atoms with Crippen LogP contribution >= 0.6 is 34.2 Å². The zero-order valence-corrected chi connectivity index (χ0v) is 11.0. The maximum absolute atomic E-state index is 5.94. The Labute approximate surface area is 111 Å². The van der Waals surface area contributed by atoms with Gasteiger partial charge in [0.25, 0.3) is 0 Å². The summed E-state index contributed by atoms with van der Waals surface area (Å²) in [5.41, 5.74) is 3.56. The number of nitrogens with zero attached hydrogens (tertiary/aromatic N) is 2. The summed E-state index contributed by atoms with van der Waals surface area (Å²) >= 11 is 8.20. The van der Waals surface area contributed by atoms with Gasteiger partial charge in [-0.2, -0.15) is 0 Å². The van der Waals surface area contributed by atoms with E-state index >= 15 is 0 Å². The lowest BCUT2D eigenvalue weighted by Gasteiger charge is -2.02. The van der Waals surface area contributed by atoms with Crippen molar-refractivity contribution in [2.45, 2.75) is 0 Å². The predicted molar refractivity (Wildman–Crippen MR) is 74.8 cm³/mol. The average Bonchev–Trinajstić information content (AvgIpc) is 2.28. The van der Waals surface area contributed by atoms with E-state index in [-0.39, 0.29) is 0 Å². The minimum atomic E-state index is 0.687. The molecule has 0 fully saturated rings. The van der Waals surface area contributed by atoms with Gasteiger partial charge in [-0.15, -0.1) is 0 Å². The van der Waals surface area contributed by atoms with E-state index < -0.39 is 0 Å².